The molecule has 0 bridgehead atoms. The van der Waals surface area contributed by atoms with Crippen LogP contribution in [0, 0.1) is 5.82 Å². The minimum absolute atomic E-state index is 0.128. The zero-order valence-electron chi connectivity index (χ0n) is 15.0. The van der Waals surface area contributed by atoms with E-state index in [0.717, 1.165) is 5.56 Å². The summed E-state index contributed by atoms with van der Waals surface area (Å²) in [6.07, 6.45) is 0.505. The molecule has 3 aromatic rings. The third kappa shape index (κ3) is 4.52. The maximum absolute atomic E-state index is 13.9. The lowest BCUT2D eigenvalue weighted by molar-refractivity contribution is -0.131. The molecule has 2 aromatic carbocycles. The van der Waals surface area contributed by atoms with Crippen LogP contribution >= 0.6 is 11.6 Å². The molecule has 1 heterocycles. The van der Waals surface area contributed by atoms with Crippen molar-refractivity contribution in [1.29, 1.82) is 0 Å². The van der Waals surface area contributed by atoms with Crippen molar-refractivity contribution in [2.24, 2.45) is 0 Å². The Kier molecular flexibility index (Phi) is 5.86. The third-order valence-electron chi connectivity index (χ3n) is 4.45. The Morgan fingerprint density at radius 1 is 1.22 bits per heavy atom. The van der Waals surface area contributed by atoms with E-state index < -0.39 is 0 Å². The van der Waals surface area contributed by atoms with Crippen molar-refractivity contribution in [3.05, 3.63) is 70.8 Å². The molecule has 27 heavy (non-hydrogen) atoms. The standard InChI is InChI=1S/C20H19ClFN3O2/c1-13(16-5-3-4-6-17(16)22)25(2)19(26)12-11-18-23-20(24-27-18)14-7-9-15(21)10-8-14/h3-10,13H,11-12H2,1-2H3. The fraction of sp³-hybridized carbons (Fsp3) is 0.250. The van der Waals surface area contributed by atoms with Crippen LogP contribution in [0.15, 0.2) is 53.1 Å². The molecule has 5 nitrogen and oxygen atoms in total. The van der Waals surface area contributed by atoms with Crippen molar-refractivity contribution >= 4 is 17.5 Å². The fourth-order valence-electron chi connectivity index (χ4n) is 2.70. The van der Waals surface area contributed by atoms with Gasteiger partial charge in [0.2, 0.25) is 17.6 Å². The zero-order chi connectivity index (χ0) is 19.4. The number of rotatable bonds is 6. The molecule has 7 heteroatoms. The Hall–Kier alpha value is -2.73. The van der Waals surface area contributed by atoms with Crippen molar-refractivity contribution in [3.63, 3.8) is 0 Å². The molecule has 0 saturated carbocycles. The molecule has 1 amide bonds. The summed E-state index contributed by atoms with van der Waals surface area (Å²) in [5.41, 5.74) is 1.27. The molecule has 0 saturated heterocycles. The first-order valence-electron chi connectivity index (χ1n) is 8.54. The predicted molar refractivity (Wildman–Crippen MR) is 101 cm³/mol. The lowest BCUT2D eigenvalue weighted by Crippen LogP contribution is -2.30. The van der Waals surface area contributed by atoms with Gasteiger partial charge in [0, 0.05) is 36.0 Å². The summed E-state index contributed by atoms with van der Waals surface area (Å²) in [5, 5.41) is 4.55. The molecule has 3 rings (SSSR count). The number of carbonyl (C=O) groups is 1. The van der Waals surface area contributed by atoms with Gasteiger partial charge in [-0.1, -0.05) is 35.0 Å². The van der Waals surface area contributed by atoms with Gasteiger partial charge >= 0.3 is 0 Å². The largest absolute Gasteiger partial charge is 0.339 e. The highest BCUT2D eigenvalue weighted by atomic mass is 35.5. The molecule has 0 radical (unpaired) electrons. The SMILES string of the molecule is CC(c1ccccc1F)N(C)C(=O)CCc1nc(-c2ccc(Cl)cc2)no1. The van der Waals surface area contributed by atoms with Gasteiger partial charge in [-0.3, -0.25) is 4.79 Å². The van der Waals surface area contributed by atoms with Crippen LogP contribution in [0.2, 0.25) is 5.02 Å². The second-order valence-electron chi connectivity index (χ2n) is 6.22. The summed E-state index contributed by atoms with van der Waals surface area (Å²) in [6.45, 7) is 1.79. The van der Waals surface area contributed by atoms with E-state index in [1.807, 2.05) is 0 Å². The highest BCUT2D eigenvalue weighted by Gasteiger charge is 2.20. The Bertz CT molecular complexity index is 927. The summed E-state index contributed by atoms with van der Waals surface area (Å²) >= 11 is 5.87. The molecular formula is C20H19ClFN3O2. The Morgan fingerprint density at radius 3 is 2.63 bits per heavy atom. The van der Waals surface area contributed by atoms with E-state index in [1.54, 1.807) is 56.4 Å². The summed E-state index contributed by atoms with van der Waals surface area (Å²) in [4.78, 5) is 18.3. The molecule has 0 N–H and O–H groups in total. The number of benzene rings is 2. The Balaban J connectivity index is 1.60. The smallest absolute Gasteiger partial charge is 0.227 e. The van der Waals surface area contributed by atoms with Gasteiger partial charge in [0.15, 0.2) is 0 Å². The average molecular weight is 388 g/mol. The first-order chi connectivity index (χ1) is 13.0. The van der Waals surface area contributed by atoms with Gasteiger partial charge in [0.25, 0.3) is 0 Å². The quantitative estimate of drug-likeness (QED) is 0.616. The van der Waals surface area contributed by atoms with Crippen molar-refractivity contribution < 1.29 is 13.7 Å². The van der Waals surface area contributed by atoms with Gasteiger partial charge in [-0.2, -0.15) is 4.98 Å². The molecule has 0 fully saturated rings. The van der Waals surface area contributed by atoms with Gasteiger partial charge in [-0.05, 0) is 37.3 Å². The maximum Gasteiger partial charge on any atom is 0.227 e. The molecule has 0 aliphatic rings. The number of aryl methyl sites for hydroxylation is 1. The number of carbonyl (C=O) groups excluding carboxylic acids is 1. The summed E-state index contributed by atoms with van der Waals surface area (Å²) in [7, 11) is 1.66. The summed E-state index contributed by atoms with van der Waals surface area (Å²) < 4.78 is 19.1. The molecular weight excluding hydrogens is 369 g/mol. The van der Waals surface area contributed by atoms with Crippen molar-refractivity contribution in [2.75, 3.05) is 7.05 Å². The lowest BCUT2D eigenvalue weighted by Gasteiger charge is -2.25. The number of amides is 1. The van der Waals surface area contributed by atoms with Gasteiger partial charge < -0.3 is 9.42 Å². The third-order valence-corrected chi connectivity index (χ3v) is 4.70. The van der Waals surface area contributed by atoms with Gasteiger partial charge in [-0.15, -0.1) is 0 Å². The van der Waals surface area contributed by atoms with Crippen LogP contribution in [-0.4, -0.2) is 28.0 Å². The number of hydrogen-bond acceptors (Lipinski definition) is 4. The first-order valence-corrected chi connectivity index (χ1v) is 8.92. The van der Waals surface area contributed by atoms with E-state index in [-0.39, 0.29) is 24.2 Å². The number of hydrogen-bond donors (Lipinski definition) is 0. The minimum atomic E-state index is -0.369. The second kappa shape index (κ2) is 8.31. The van der Waals surface area contributed by atoms with Crippen LogP contribution in [0.3, 0.4) is 0 Å². The van der Waals surface area contributed by atoms with E-state index in [4.69, 9.17) is 16.1 Å². The van der Waals surface area contributed by atoms with E-state index in [0.29, 0.717) is 28.7 Å². The van der Waals surface area contributed by atoms with Crippen LogP contribution in [0.25, 0.3) is 11.4 Å². The minimum Gasteiger partial charge on any atom is -0.339 e. The van der Waals surface area contributed by atoms with Crippen LogP contribution in [0.1, 0.15) is 30.8 Å². The zero-order valence-corrected chi connectivity index (χ0v) is 15.8. The highest BCUT2D eigenvalue weighted by molar-refractivity contribution is 6.30. The maximum atomic E-state index is 13.9. The van der Waals surface area contributed by atoms with Crippen LogP contribution in [-0.2, 0) is 11.2 Å². The first kappa shape index (κ1) is 19.0. The average Bonchev–Trinajstić information content (AvgIpc) is 3.15. The highest BCUT2D eigenvalue weighted by Crippen LogP contribution is 2.23. The predicted octanol–water partition coefficient (Wildman–Crippen LogP) is 4.68. The van der Waals surface area contributed by atoms with Crippen LogP contribution in [0.5, 0.6) is 0 Å². The fourth-order valence-corrected chi connectivity index (χ4v) is 2.83. The molecule has 1 atom stereocenters. The molecule has 1 unspecified atom stereocenters. The summed E-state index contributed by atoms with van der Waals surface area (Å²) in [5.74, 6) is 0.369. The van der Waals surface area contributed by atoms with E-state index in [1.165, 1.54) is 11.0 Å². The van der Waals surface area contributed by atoms with Crippen molar-refractivity contribution in [3.8, 4) is 11.4 Å². The lowest BCUT2D eigenvalue weighted by atomic mass is 10.1. The number of halogens is 2. The van der Waals surface area contributed by atoms with Gasteiger partial charge in [0.05, 0.1) is 6.04 Å². The van der Waals surface area contributed by atoms with E-state index in [9.17, 15) is 9.18 Å². The van der Waals surface area contributed by atoms with Gasteiger partial charge in [0.1, 0.15) is 5.82 Å². The molecule has 1 aromatic heterocycles. The van der Waals surface area contributed by atoms with E-state index in [2.05, 4.69) is 10.1 Å². The van der Waals surface area contributed by atoms with Crippen LogP contribution < -0.4 is 0 Å². The molecule has 0 spiro atoms. The van der Waals surface area contributed by atoms with Crippen molar-refractivity contribution in [1.82, 2.24) is 15.0 Å². The van der Waals surface area contributed by atoms with Gasteiger partial charge in [-0.25, -0.2) is 4.39 Å². The van der Waals surface area contributed by atoms with Crippen LogP contribution in [0.4, 0.5) is 4.39 Å². The second-order valence-corrected chi connectivity index (χ2v) is 6.66. The number of aromatic nitrogens is 2. The molecule has 0 aliphatic carbocycles. The van der Waals surface area contributed by atoms with Crippen molar-refractivity contribution in [2.45, 2.75) is 25.8 Å². The molecule has 0 aliphatic heterocycles. The normalized spacial score (nSPS) is 12.0. The Labute approximate surface area is 161 Å². The molecule has 140 valence electrons. The topological polar surface area (TPSA) is 59.2 Å². The number of nitrogens with zero attached hydrogens (tertiary/aromatic N) is 3. The summed E-state index contributed by atoms with van der Waals surface area (Å²) in [6, 6.07) is 13.2. The monoisotopic (exact) mass is 387 g/mol. The Morgan fingerprint density at radius 2 is 1.93 bits per heavy atom. The van der Waals surface area contributed by atoms with E-state index >= 15 is 0 Å².